The van der Waals surface area contributed by atoms with E-state index < -0.39 is 6.10 Å². The largest absolute Gasteiger partial charge is 0.490 e. The minimum Gasteiger partial charge on any atom is -0.490 e. The van der Waals surface area contributed by atoms with E-state index in [9.17, 15) is 5.11 Å². The molecule has 0 saturated heterocycles. The lowest BCUT2D eigenvalue weighted by atomic mass is 9.90. The highest BCUT2D eigenvalue weighted by Crippen LogP contribution is 2.41. The number of aliphatic hydroxyl groups is 1. The summed E-state index contributed by atoms with van der Waals surface area (Å²) >= 11 is 1.65. The van der Waals surface area contributed by atoms with E-state index in [0.29, 0.717) is 5.92 Å². The second-order valence-corrected chi connectivity index (χ2v) is 9.81. The van der Waals surface area contributed by atoms with Gasteiger partial charge in [0.2, 0.25) is 0 Å². The Morgan fingerprint density at radius 3 is 2.61 bits per heavy atom. The lowest BCUT2D eigenvalue weighted by molar-refractivity contribution is 0.153. The number of aromatic nitrogens is 1. The Labute approximate surface area is 188 Å². The number of thiazole rings is 1. The van der Waals surface area contributed by atoms with Crippen LogP contribution in [0.1, 0.15) is 61.6 Å². The van der Waals surface area contributed by atoms with E-state index in [-0.39, 0.29) is 0 Å². The first-order valence-corrected chi connectivity index (χ1v) is 12.4. The third-order valence-corrected chi connectivity index (χ3v) is 7.50. The molecule has 1 heterocycles. The van der Waals surface area contributed by atoms with Crippen molar-refractivity contribution in [1.82, 2.24) is 4.98 Å². The Morgan fingerprint density at radius 2 is 1.81 bits per heavy atom. The predicted octanol–water partition coefficient (Wildman–Crippen LogP) is 6.88. The minimum atomic E-state index is -0.437. The first-order chi connectivity index (χ1) is 15.3. The highest BCUT2D eigenvalue weighted by molar-refractivity contribution is 7.15. The topological polar surface area (TPSA) is 54.4 Å². The molecule has 0 spiro atoms. The lowest BCUT2D eigenvalue weighted by Crippen LogP contribution is -2.16. The molecule has 4 nitrogen and oxygen atoms in total. The zero-order valence-electron chi connectivity index (χ0n) is 17.8. The molecule has 2 aromatic carbocycles. The monoisotopic (exact) mass is 434 g/mol. The number of fused-ring (bicyclic) bond motifs is 1. The fourth-order valence-electron chi connectivity index (χ4n) is 4.76. The molecule has 1 atom stereocenters. The summed E-state index contributed by atoms with van der Waals surface area (Å²) in [6.07, 6.45) is 8.88. The molecule has 0 bridgehead atoms. The SMILES string of the molecule is OC1CCCc2sc(Nc3cccc(-c4ccccc4)c3OCC3CCCCC3)nc21. The Hall–Kier alpha value is -2.37. The molecule has 1 saturated carbocycles. The van der Waals surface area contributed by atoms with Crippen molar-refractivity contribution >= 4 is 22.2 Å². The van der Waals surface area contributed by atoms with Crippen molar-refractivity contribution in [3.8, 4) is 16.9 Å². The quantitative estimate of drug-likeness (QED) is 0.444. The average molecular weight is 435 g/mol. The summed E-state index contributed by atoms with van der Waals surface area (Å²) in [6, 6.07) is 16.7. The van der Waals surface area contributed by atoms with E-state index in [1.807, 2.05) is 6.07 Å². The van der Waals surface area contributed by atoms with Crippen LogP contribution in [0, 0.1) is 5.92 Å². The van der Waals surface area contributed by atoms with Gasteiger partial charge in [0.15, 0.2) is 10.9 Å². The smallest absolute Gasteiger partial charge is 0.187 e. The molecule has 0 amide bonds. The van der Waals surface area contributed by atoms with Crippen LogP contribution in [-0.4, -0.2) is 16.7 Å². The molecule has 2 aliphatic carbocycles. The third kappa shape index (κ3) is 4.63. The molecule has 5 rings (SSSR count). The maximum absolute atomic E-state index is 10.3. The molecule has 1 fully saturated rings. The molecule has 2 N–H and O–H groups in total. The van der Waals surface area contributed by atoms with Gasteiger partial charge in [-0.25, -0.2) is 4.98 Å². The molecule has 5 heteroatoms. The van der Waals surface area contributed by atoms with Crippen molar-refractivity contribution in [2.45, 2.75) is 57.5 Å². The number of benzene rings is 2. The van der Waals surface area contributed by atoms with Crippen molar-refractivity contribution in [3.63, 3.8) is 0 Å². The molecule has 2 aliphatic rings. The van der Waals surface area contributed by atoms with Crippen molar-refractivity contribution in [3.05, 3.63) is 59.1 Å². The van der Waals surface area contributed by atoms with E-state index in [1.54, 1.807) is 11.3 Å². The van der Waals surface area contributed by atoms with Gasteiger partial charge in [0.25, 0.3) is 0 Å². The zero-order chi connectivity index (χ0) is 21.0. The van der Waals surface area contributed by atoms with Gasteiger partial charge in [-0.1, -0.05) is 61.7 Å². The number of para-hydroxylation sites is 1. The van der Waals surface area contributed by atoms with Crippen LogP contribution in [0.25, 0.3) is 11.1 Å². The fourth-order valence-corrected chi connectivity index (χ4v) is 5.83. The summed E-state index contributed by atoms with van der Waals surface area (Å²) in [5.41, 5.74) is 4.04. The molecule has 162 valence electrons. The van der Waals surface area contributed by atoms with Gasteiger partial charge < -0.3 is 15.2 Å². The van der Waals surface area contributed by atoms with Crippen LogP contribution in [0.2, 0.25) is 0 Å². The van der Waals surface area contributed by atoms with E-state index in [2.05, 4.69) is 47.8 Å². The number of rotatable bonds is 6. The standard InChI is InChI=1S/C26H30N2O2S/c29-22-15-8-16-23-24(22)28-26(31-23)27-21-14-7-13-20(19-11-5-2-6-12-19)25(21)30-17-18-9-3-1-4-10-18/h2,5-7,11-14,18,22,29H,1,3-4,8-10,15-17H2,(H,27,28). The highest BCUT2D eigenvalue weighted by atomic mass is 32.1. The second-order valence-electron chi connectivity index (χ2n) is 8.72. The van der Waals surface area contributed by atoms with Gasteiger partial charge in [0.1, 0.15) is 0 Å². The zero-order valence-corrected chi connectivity index (χ0v) is 18.7. The number of aryl methyl sites for hydroxylation is 1. The molecule has 0 aliphatic heterocycles. The number of nitrogens with one attached hydrogen (secondary N) is 1. The van der Waals surface area contributed by atoms with E-state index in [1.165, 1.54) is 37.0 Å². The number of hydrogen-bond donors (Lipinski definition) is 2. The molecule has 1 unspecified atom stereocenters. The van der Waals surface area contributed by atoms with Crippen molar-refractivity contribution in [2.75, 3.05) is 11.9 Å². The molecular weight excluding hydrogens is 404 g/mol. The van der Waals surface area contributed by atoms with Crippen LogP contribution in [0.3, 0.4) is 0 Å². The Kier molecular flexibility index (Phi) is 6.23. The van der Waals surface area contributed by atoms with Crippen LogP contribution in [0.4, 0.5) is 10.8 Å². The number of ether oxygens (including phenoxy) is 1. The summed E-state index contributed by atoms with van der Waals surface area (Å²) in [6.45, 7) is 0.756. The maximum atomic E-state index is 10.3. The summed E-state index contributed by atoms with van der Waals surface area (Å²) in [7, 11) is 0. The Morgan fingerprint density at radius 1 is 0.968 bits per heavy atom. The van der Waals surface area contributed by atoms with Crippen molar-refractivity contribution in [1.29, 1.82) is 0 Å². The van der Waals surface area contributed by atoms with Crippen molar-refractivity contribution in [2.24, 2.45) is 5.92 Å². The Balaban J connectivity index is 1.45. The summed E-state index contributed by atoms with van der Waals surface area (Å²) in [4.78, 5) is 5.92. The number of nitrogens with zero attached hydrogens (tertiary/aromatic N) is 1. The van der Waals surface area contributed by atoms with E-state index in [4.69, 9.17) is 9.72 Å². The first kappa shape index (κ1) is 20.5. The van der Waals surface area contributed by atoms with E-state index in [0.717, 1.165) is 59.3 Å². The average Bonchev–Trinajstić information content (AvgIpc) is 3.23. The van der Waals surface area contributed by atoms with Gasteiger partial charge in [0.05, 0.1) is 24.1 Å². The number of anilines is 2. The molecule has 31 heavy (non-hydrogen) atoms. The van der Waals surface area contributed by atoms with Crippen LogP contribution in [0.5, 0.6) is 5.75 Å². The van der Waals surface area contributed by atoms with Gasteiger partial charge in [-0.3, -0.25) is 0 Å². The predicted molar refractivity (Wildman–Crippen MR) is 127 cm³/mol. The molecule has 0 radical (unpaired) electrons. The van der Waals surface area contributed by atoms with Gasteiger partial charge in [-0.2, -0.15) is 0 Å². The maximum Gasteiger partial charge on any atom is 0.187 e. The lowest BCUT2D eigenvalue weighted by Gasteiger charge is -2.23. The van der Waals surface area contributed by atoms with Crippen LogP contribution in [-0.2, 0) is 6.42 Å². The Bertz CT molecular complexity index is 1010. The van der Waals surface area contributed by atoms with E-state index >= 15 is 0 Å². The highest BCUT2D eigenvalue weighted by Gasteiger charge is 2.24. The number of aliphatic hydroxyl groups excluding tert-OH is 1. The van der Waals surface area contributed by atoms with Gasteiger partial charge in [0, 0.05) is 10.4 Å². The molecule has 1 aromatic heterocycles. The third-order valence-electron chi connectivity index (χ3n) is 6.45. The van der Waals surface area contributed by atoms with Crippen LogP contribution in [0.15, 0.2) is 48.5 Å². The summed E-state index contributed by atoms with van der Waals surface area (Å²) in [5.74, 6) is 1.53. The second kappa shape index (κ2) is 9.41. The fraction of sp³-hybridized carbons (Fsp3) is 0.423. The first-order valence-electron chi connectivity index (χ1n) is 11.5. The van der Waals surface area contributed by atoms with Gasteiger partial charge in [-0.15, -0.1) is 11.3 Å². The van der Waals surface area contributed by atoms with Gasteiger partial charge in [-0.05, 0) is 49.7 Å². The molecule has 3 aromatic rings. The summed E-state index contributed by atoms with van der Waals surface area (Å²) in [5, 5.41) is 14.7. The number of hydrogen-bond acceptors (Lipinski definition) is 5. The van der Waals surface area contributed by atoms with Gasteiger partial charge >= 0.3 is 0 Å². The van der Waals surface area contributed by atoms with Crippen molar-refractivity contribution < 1.29 is 9.84 Å². The minimum absolute atomic E-state index is 0.437. The summed E-state index contributed by atoms with van der Waals surface area (Å²) < 4.78 is 6.52. The van der Waals surface area contributed by atoms with Crippen LogP contribution < -0.4 is 10.1 Å². The molecular formula is C26H30N2O2S. The van der Waals surface area contributed by atoms with Crippen LogP contribution >= 0.6 is 11.3 Å². The normalized spacial score (nSPS) is 19.1.